The van der Waals surface area contributed by atoms with E-state index in [0.29, 0.717) is 5.92 Å². The average Bonchev–Trinajstić information content (AvgIpc) is 2.73. The van der Waals surface area contributed by atoms with Gasteiger partial charge in [0.2, 0.25) is 0 Å². The number of imidazole rings is 1. The highest BCUT2D eigenvalue weighted by atomic mass is 19.1. The number of hydrogen-bond acceptors (Lipinski definition) is 2. The summed E-state index contributed by atoms with van der Waals surface area (Å²) in [5.41, 5.74) is 0.963. The molecule has 0 amide bonds. The number of rotatable bonds is 2. The Hall–Kier alpha value is -1.42. The predicted molar refractivity (Wildman–Crippen MR) is 64.4 cm³/mol. The summed E-state index contributed by atoms with van der Waals surface area (Å²) < 4.78 is 15.1. The molecule has 4 heteroatoms. The van der Waals surface area contributed by atoms with Gasteiger partial charge < -0.3 is 9.72 Å². The van der Waals surface area contributed by atoms with Crippen molar-refractivity contribution in [2.24, 2.45) is 5.92 Å². The Morgan fingerprint density at radius 2 is 2.41 bits per heavy atom. The molecule has 3 heterocycles. The summed E-state index contributed by atoms with van der Waals surface area (Å²) in [5, 5.41) is 3.40. The molecule has 0 spiro atoms. The minimum absolute atomic E-state index is 0.210. The van der Waals surface area contributed by atoms with Crippen molar-refractivity contribution in [2.75, 3.05) is 13.1 Å². The SMILES string of the molecule is Fc1ccc2cnc(CC3CCCNC3)n2c1. The largest absolute Gasteiger partial charge is 0.316 e. The minimum Gasteiger partial charge on any atom is -0.316 e. The van der Waals surface area contributed by atoms with Crippen LogP contribution in [-0.2, 0) is 6.42 Å². The third-order valence-electron chi connectivity index (χ3n) is 3.44. The van der Waals surface area contributed by atoms with Gasteiger partial charge in [0.05, 0.1) is 11.7 Å². The molecule has 0 aliphatic carbocycles. The van der Waals surface area contributed by atoms with Crippen LogP contribution in [0.1, 0.15) is 18.7 Å². The van der Waals surface area contributed by atoms with E-state index in [4.69, 9.17) is 0 Å². The zero-order valence-electron chi connectivity index (χ0n) is 9.69. The van der Waals surface area contributed by atoms with Gasteiger partial charge in [0.25, 0.3) is 0 Å². The number of nitrogens with one attached hydrogen (secondary N) is 1. The second-order valence-corrected chi connectivity index (χ2v) is 4.73. The topological polar surface area (TPSA) is 29.3 Å². The second kappa shape index (κ2) is 4.45. The predicted octanol–water partition coefficient (Wildman–Crippen LogP) is 2.02. The number of hydrogen-bond donors (Lipinski definition) is 1. The van der Waals surface area contributed by atoms with Crippen LogP contribution in [-0.4, -0.2) is 22.5 Å². The minimum atomic E-state index is -0.210. The van der Waals surface area contributed by atoms with Crippen LogP contribution in [0.4, 0.5) is 4.39 Å². The smallest absolute Gasteiger partial charge is 0.139 e. The highest BCUT2D eigenvalue weighted by molar-refractivity contribution is 5.45. The summed E-state index contributed by atoms with van der Waals surface area (Å²) in [5.74, 6) is 1.38. The van der Waals surface area contributed by atoms with Gasteiger partial charge in [-0.2, -0.15) is 0 Å². The number of halogens is 1. The van der Waals surface area contributed by atoms with Gasteiger partial charge in [0, 0.05) is 12.6 Å². The lowest BCUT2D eigenvalue weighted by molar-refractivity contribution is 0.370. The first-order valence-corrected chi connectivity index (χ1v) is 6.15. The normalized spacial score (nSPS) is 20.9. The van der Waals surface area contributed by atoms with Gasteiger partial charge in [-0.15, -0.1) is 0 Å². The summed E-state index contributed by atoms with van der Waals surface area (Å²) in [7, 11) is 0. The third-order valence-corrected chi connectivity index (χ3v) is 3.44. The van der Waals surface area contributed by atoms with Gasteiger partial charge in [-0.25, -0.2) is 9.37 Å². The van der Waals surface area contributed by atoms with Crippen LogP contribution in [0.15, 0.2) is 24.5 Å². The fraction of sp³-hybridized carbons (Fsp3) is 0.462. The number of piperidine rings is 1. The second-order valence-electron chi connectivity index (χ2n) is 4.73. The molecule has 2 aromatic heterocycles. The van der Waals surface area contributed by atoms with E-state index in [1.54, 1.807) is 6.07 Å². The maximum absolute atomic E-state index is 13.2. The lowest BCUT2D eigenvalue weighted by Crippen LogP contribution is -2.31. The van der Waals surface area contributed by atoms with E-state index >= 15 is 0 Å². The fourth-order valence-corrected chi connectivity index (χ4v) is 2.53. The Kier molecular flexibility index (Phi) is 2.81. The Morgan fingerprint density at radius 3 is 3.24 bits per heavy atom. The van der Waals surface area contributed by atoms with E-state index in [2.05, 4.69) is 10.3 Å². The van der Waals surface area contributed by atoms with E-state index in [0.717, 1.165) is 30.9 Å². The van der Waals surface area contributed by atoms with Crippen molar-refractivity contribution >= 4 is 5.52 Å². The first kappa shape index (κ1) is 10.7. The Labute approximate surface area is 99.7 Å². The molecular formula is C13H16FN3. The first-order chi connectivity index (χ1) is 8.33. The number of nitrogens with zero attached hydrogens (tertiary/aromatic N) is 2. The van der Waals surface area contributed by atoms with Gasteiger partial charge >= 0.3 is 0 Å². The molecule has 0 radical (unpaired) electrons. The van der Waals surface area contributed by atoms with Crippen LogP contribution in [0.2, 0.25) is 0 Å². The molecule has 1 aliphatic heterocycles. The molecule has 1 atom stereocenters. The van der Waals surface area contributed by atoms with Gasteiger partial charge in [-0.3, -0.25) is 0 Å². The zero-order chi connectivity index (χ0) is 11.7. The molecule has 0 bridgehead atoms. The molecule has 2 aromatic rings. The van der Waals surface area contributed by atoms with Gasteiger partial charge in [-0.1, -0.05) is 0 Å². The summed E-state index contributed by atoms with van der Waals surface area (Å²) in [6.45, 7) is 2.16. The number of fused-ring (bicyclic) bond motifs is 1. The molecule has 1 fully saturated rings. The monoisotopic (exact) mass is 233 g/mol. The summed E-state index contributed by atoms with van der Waals surface area (Å²) in [6, 6.07) is 3.24. The Bertz CT molecular complexity index is 514. The molecule has 3 rings (SSSR count). The van der Waals surface area contributed by atoms with Gasteiger partial charge in [-0.05, 0) is 44.0 Å². The van der Waals surface area contributed by atoms with Gasteiger partial charge in [0.1, 0.15) is 11.6 Å². The zero-order valence-corrected chi connectivity index (χ0v) is 9.69. The molecule has 1 unspecified atom stereocenters. The highest BCUT2D eigenvalue weighted by Gasteiger charge is 2.16. The maximum atomic E-state index is 13.2. The third kappa shape index (κ3) is 2.17. The van der Waals surface area contributed by atoms with Crippen molar-refractivity contribution in [2.45, 2.75) is 19.3 Å². The molecule has 0 saturated carbocycles. The molecule has 1 aliphatic rings. The van der Waals surface area contributed by atoms with E-state index in [-0.39, 0.29) is 5.82 Å². The number of pyridine rings is 1. The summed E-state index contributed by atoms with van der Waals surface area (Å²) >= 11 is 0. The lowest BCUT2D eigenvalue weighted by atomic mass is 9.96. The highest BCUT2D eigenvalue weighted by Crippen LogP contribution is 2.17. The van der Waals surface area contributed by atoms with Crippen LogP contribution in [0.5, 0.6) is 0 Å². The van der Waals surface area contributed by atoms with E-state index < -0.39 is 0 Å². The number of aromatic nitrogens is 2. The lowest BCUT2D eigenvalue weighted by Gasteiger charge is -2.22. The molecule has 1 N–H and O–H groups in total. The van der Waals surface area contributed by atoms with Crippen molar-refractivity contribution in [3.8, 4) is 0 Å². The van der Waals surface area contributed by atoms with Crippen molar-refractivity contribution < 1.29 is 4.39 Å². The fourth-order valence-electron chi connectivity index (χ4n) is 2.53. The van der Waals surface area contributed by atoms with E-state index in [1.807, 2.05) is 10.6 Å². The summed E-state index contributed by atoms with van der Waals surface area (Å²) in [6.07, 6.45) is 6.71. The standard InChI is InChI=1S/C13H16FN3/c14-11-3-4-12-8-16-13(17(12)9-11)6-10-2-1-5-15-7-10/h3-4,8-10,15H,1-2,5-7H2. The van der Waals surface area contributed by atoms with Crippen LogP contribution in [0, 0.1) is 11.7 Å². The molecule has 90 valence electrons. The van der Waals surface area contributed by atoms with Crippen molar-refractivity contribution in [3.05, 3.63) is 36.2 Å². The van der Waals surface area contributed by atoms with Crippen LogP contribution >= 0.6 is 0 Å². The van der Waals surface area contributed by atoms with Crippen LogP contribution < -0.4 is 5.32 Å². The molecule has 17 heavy (non-hydrogen) atoms. The maximum Gasteiger partial charge on any atom is 0.139 e. The Balaban J connectivity index is 1.86. The molecular weight excluding hydrogens is 217 g/mol. The first-order valence-electron chi connectivity index (χ1n) is 6.15. The molecule has 3 nitrogen and oxygen atoms in total. The van der Waals surface area contributed by atoms with E-state index in [1.165, 1.54) is 25.1 Å². The molecule has 0 aromatic carbocycles. The van der Waals surface area contributed by atoms with Crippen molar-refractivity contribution in [3.63, 3.8) is 0 Å². The summed E-state index contributed by atoms with van der Waals surface area (Å²) in [4.78, 5) is 4.40. The van der Waals surface area contributed by atoms with Crippen molar-refractivity contribution in [1.29, 1.82) is 0 Å². The quantitative estimate of drug-likeness (QED) is 0.859. The molecule has 1 saturated heterocycles. The van der Waals surface area contributed by atoms with Gasteiger partial charge in [0.15, 0.2) is 0 Å². The van der Waals surface area contributed by atoms with Crippen molar-refractivity contribution in [1.82, 2.24) is 14.7 Å². The van der Waals surface area contributed by atoms with Crippen LogP contribution in [0.25, 0.3) is 5.52 Å². The average molecular weight is 233 g/mol. The Morgan fingerprint density at radius 1 is 1.47 bits per heavy atom. The van der Waals surface area contributed by atoms with Crippen LogP contribution in [0.3, 0.4) is 0 Å². The van der Waals surface area contributed by atoms with E-state index in [9.17, 15) is 4.39 Å².